The van der Waals surface area contributed by atoms with Gasteiger partial charge < -0.3 is 10.2 Å². The summed E-state index contributed by atoms with van der Waals surface area (Å²) in [6.07, 6.45) is 5.64. The van der Waals surface area contributed by atoms with Crippen LogP contribution in [0.1, 0.15) is 42.5 Å². The predicted molar refractivity (Wildman–Crippen MR) is 84.1 cm³/mol. The van der Waals surface area contributed by atoms with Gasteiger partial charge in [-0.1, -0.05) is 0 Å². The molecule has 0 radical (unpaired) electrons. The van der Waals surface area contributed by atoms with Crippen LogP contribution < -0.4 is 10.2 Å². The molecule has 110 valence electrons. The van der Waals surface area contributed by atoms with Gasteiger partial charge in [0.25, 0.3) is 0 Å². The summed E-state index contributed by atoms with van der Waals surface area (Å²) in [7, 11) is 2.02. The second-order valence-electron chi connectivity index (χ2n) is 6.70. The maximum absolute atomic E-state index is 4.90. The molecule has 2 aliphatic carbocycles. The fraction of sp³-hybridized carbons (Fsp3) is 0.706. The van der Waals surface area contributed by atoms with E-state index < -0.39 is 0 Å². The van der Waals surface area contributed by atoms with Crippen molar-refractivity contribution in [2.75, 3.05) is 25.0 Å². The summed E-state index contributed by atoms with van der Waals surface area (Å²) in [6.45, 7) is 7.68. The molecule has 0 saturated heterocycles. The van der Waals surface area contributed by atoms with Gasteiger partial charge in [0.05, 0.1) is 0 Å². The number of pyridine rings is 1. The molecule has 0 aromatic carbocycles. The van der Waals surface area contributed by atoms with Gasteiger partial charge in [-0.3, -0.25) is 0 Å². The van der Waals surface area contributed by atoms with Crippen LogP contribution in [0, 0.1) is 25.7 Å². The van der Waals surface area contributed by atoms with Crippen LogP contribution in [0.4, 0.5) is 5.82 Å². The quantitative estimate of drug-likeness (QED) is 0.827. The van der Waals surface area contributed by atoms with Crippen molar-refractivity contribution in [1.29, 1.82) is 0 Å². The van der Waals surface area contributed by atoms with Gasteiger partial charge in [0.1, 0.15) is 5.82 Å². The van der Waals surface area contributed by atoms with E-state index >= 15 is 0 Å². The maximum Gasteiger partial charge on any atom is 0.133 e. The van der Waals surface area contributed by atoms with E-state index in [1.54, 1.807) is 0 Å². The average molecular weight is 273 g/mol. The summed E-state index contributed by atoms with van der Waals surface area (Å²) >= 11 is 0. The van der Waals surface area contributed by atoms with Gasteiger partial charge in [-0.05, 0) is 70.0 Å². The molecule has 1 aromatic rings. The Kier molecular flexibility index (Phi) is 3.97. The molecule has 1 aromatic heterocycles. The number of nitrogens with one attached hydrogen (secondary N) is 1. The van der Waals surface area contributed by atoms with Crippen LogP contribution in [0.2, 0.25) is 0 Å². The Morgan fingerprint density at radius 2 is 1.75 bits per heavy atom. The molecule has 3 nitrogen and oxygen atoms in total. The topological polar surface area (TPSA) is 28.2 Å². The summed E-state index contributed by atoms with van der Waals surface area (Å²) in [5.74, 6) is 3.08. The van der Waals surface area contributed by atoms with E-state index in [0.29, 0.717) is 0 Å². The van der Waals surface area contributed by atoms with Gasteiger partial charge in [0.2, 0.25) is 0 Å². The van der Waals surface area contributed by atoms with Crippen LogP contribution in [0.25, 0.3) is 0 Å². The van der Waals surface area contributed by atoms with Crippen molar-refractivity contribution in [2.45, 2.75) is 46.1 Å². The lowest BCUT2D eigenvalue weighted by atomic mass is 10.1. The van der Waals surface area contributed by atoms with E-state index in [2.05, 4.69) is 30.1 Å². The summed E-state index contributed by atoms with van der Waals surface area (Å²) in [4.78, 5) is 7.49. The molecule has 20 heavy (non-hydrogen) atoms. The smallest absolute Gasteiger partial charge is 0.133 e. The Hall–Kier alpha value is -1.09. The molecule has 0 atom stereocenters. The van der Waals surface area contributed by atoms with Crippen molar-refractivity contribution in [3.8, 4) is 0 Å². The van der Waals surface area contributed by atoms with Gasteiger partial charge in [-0.2, -0.15) is 0 Å². The van der Waals surface area contributed by atoms with Crippen LogP contribution in [0.5, 0.6) is 0 Å². The molecule has 2 saturated carbocycles. The van der Waals surface area contributed by atoms with Crippen LogP contribution in [-0.2, 0) is 6.54 Å². The molecule has 2 aliphatic rings. The molecular weight excluding hydrogens is 246 g/mol. The molecule has 3 heteroatoms. The number of nitrogens with zero attached hydrogens (tertiary/aromatic N) is 2. The summed E-state index contributed by atoms with van der Waals surface area (Å²) in [5.41, 5.74) is 3.91. The Balaban J connectivity index is 1.89. The highest BCUT2D eigenvalue weighted by atomic mass is 15.2. The number of aromatic nitrogens is 1. The SMILES string of the molecule is CNCc1c(C)cc(C)nc1N(CC1CC1)CC1CC1. The number of anilines is 1. The van der Waals surface area contributed by atoms with Crippen molar-refractivity contribution < 1.29 is 0 Å². The van der Waals surface area contributed by atoms with E-state index in [-0.39, 0.29) is 0 Å². The third-order valence-electron chi connectivity index (χ3n) is 4.46. The first-order chi connectivity index (χ1) is 9.67. The lowest BCUT2D eigenvalue weighted by Crippen LogP contribution is -2.31. The Labute approximate surface area is 122 Å². The van der Waals surface area contributed by atoms with Crippen LogP contribution in [-0.4, -0.2) is 25.1 Å². The Morgan fingerprint density at radius 1 is 1.15 bits per heavy atom. The van der Waals surface area contributed by atoms with Crippen molar-refractivity contribution >= 4 is 5.82 Å². The normalized spacial score (nSPS) is 18.4. The summed E-state index contributed by atoms with van der Waals surface area (Å²) < 4.78 is 0. The molecule has 3 rings (SSSR count). The number of aryl methyl sites for hydroxylation is 2. The number of rotatable bonds is 7. The molecule has 0 unspecified atom stereocenters. The molecule has 1 heterocycles. The first-order valence-corrected chi connectivity index (χ1v) is 8.04. The highest BCUT2D eigenvalue weighted by molar-refractivity contribution is 5.52. The van der Waals surface area contributed by atoms with E-state index in [1.165, 1.54) is 55.7 Å². The highest BCUT2D eigenvalue weighted by Gasteiger charge is 2.31. The van der Waals surface area contributed by atoms with E-state index in [0.717, 1.165) is 24.1 Å². The van der Waals surface area contributed by atoms with Crippen molar-refractivity contribution in [3.05, 3.63) is 22.9 Å². The lowest BCUT2D eigenvalue weighted by molar-refractivity contribution is 0.662. The van der Waals surface area contributed by atoms with Gasteiger partial charge in [-0.25, -0.2) is 4.98 Å². The molecule has 0 aliphatic heterocycles. The van der Waals surface area contributed by atoms with Crippen LogP contribution >= 0.6 is 0 Å². The largest absolute Gasteiger partial charge is 0.356 e. The molecule has 0 spiro atoms. The van der Waals surface area contributed by atoms with Crippen molar-refractivity contribution in [1.82, 2.24) is 10.3 Å². The second kappa shape index (κ2) is 5.72. The lowest BCUT2D eigenvalue weighted by Gasteiger charge is -2.27. The zero-order chi connectivity index (χ0) is 14.1. The number of hydrogen-bond acceptors (Lipinski definition) is 3. The van der Waals surface area contributed by atoms with Crippen LogP contribution in [0.3, 0.4) is 0 Å². The zero-order valence-electron chi connectivity index (χ0n) is 13.1. The Bertz CT molecular complexity index is 461. The van der Waals surface area contributed by atoms with Gasteiger partial charge in [-0.15, -0.1) is 0 Å². The predicted octanol–water partition coefficient (Wildman–Crippen LogP) is 3.04. The third-order valence-corrected chi connectivity index (χ3v) is 4.46. The first kappa shape index (κ1) is 13.9. The minimum Gasteiger partial charge on any atom is -0.356 e. The maximum atomic E-state index is 4.90. The minimum atomic E-state index is 0.916. The second-order valence-corrected chi connectivity index (χ2v) is 6.70. The van der Waals surface area contributed by atoms with E-state index in [4.69, 9.17) is 4.98 Å². The monoisotopic (exact) mass is 273 g/mol. The first-order valence-electron chi connectivity index (χ1n) is 8.04. The van der Waals surface area contributed by atoms with Gasteiger partial charge in [0.15, 0.2) is 0 Å². The average Bonchev–Trinajstić information content (AvgIpc) is 3.26. The Morgan fingerprint density at radius 3 is 2.25 bits per heavy atom. The molecule has 2 fully saturated rings. The van der Waals surface area contributed by atoms with Gasteiger partial charge in [0, 0.05) is 30.9 Å². The standard InChI is InChI=1S/C17H27N3/c1-12-8-13(2)19-17(16(12)9-18-3)20(10-14-4-5-14)11-15-6-7-15/h8,14-15,18H,4-7,9-11H2,1-3H3. The fourth-order valence-electron chi connectivity index (χ4n) is 2.97. The summed E-state index contributed by atoms with van der Waals surface area (Å²) in [6, 6.07) is 2.21. The molecule has 0 amide bonds. The van der Waals surface area contributed by atoms with E-state index in [1.807, 2.05) is 7.05 Å². The third kappa shape index (κ3) is 3.32. The fourth-order valence-corrected chi connectivity index (χ4v) is 2.97. The molecule has 1 N–H and O–H groups in total. The van der Waals surface area contributed by atoms with Crippen molar-refractivity contribution in [3.63, 3.8) is 0 Å². The molecule has 0 bridgehead atoms. The van der Waals surface area contributed by atoms with Crippen LogP contribution in [0.15, 0.2) is 6.07 Å². The number of hydrogen-bond donors (Lipinski definition) is 1. The summed E-state index contributed by atoms with van der Waals surface area (Å²) in [5, 5.41) is 3.31. The van der Waals surface area contributed by atoms with Crippen molar-refractivity contribution in [2.24, 2.45) is 11.8 Å². The van der Waals surface area contributed by atoms with Gasteiger partial charge >= 0.3 is 0 Å². The van der Waals surface area contributed by atoms with E-state index in [9.17, 15) is 0 Å². The zero-order valence-corrected chi connectivity index (χ0v) is 13.1. The minimum absolute atomic E-state index is 0.916. The highest BCUT2D eigenvalue weighted by Crippen LogP contribution is 2.36. The molecular formula is C17H27N3.